The number of H-pyrrole nitrogens is 1. The van der Waals surface area contributed by atoms with Gasteiger partial charge in [0.1, 0.15) is 5.69 Å². The van der Waals surface area contributed by atoms with Crippen LogP contribution in [0.4, 0.5) is 5.69 Å². The van der Waals surface area contributed by atoms with E-state index in [0.29, 0.717) is 5.69 Å². The first-order valence-electron chi connectivity index (χ1n) is 6.42. The van der Waals surface area contributed by atoms with Crippen molar-refractivity contribution in [1.29, 1.82) is 0 Å². The van der Waals surface area contributed by atoms with Crippen LogP contribution in [0.2, 0.25) is 0 Å². The molecule has 6 nitrogen and oxygen atoms in total. The van der Waals surface area contributed by atoms with Crippen LogP contribution in [-0.2, 0) is 0 Å². The molecular weight excluding hydrogens is 266 g/mol. The molecule has 0 saturated heterocycles. The Hall–Kier alpha value is -3.02. The summed E-state index contributed by atoms with van der Waals surface area (Å²) in [6.07, 6.45) is 4.44. The number of rotatable bonds is 3. The van der Waals surface area contributed by atoms with E-state index in [1.165, 1.54) is 18.6 Å². The minimum Gasteiger partial charge on any atom is -0.321 e. The van der Waals surface area contributed by atoms with Gasteiger partial charge in [0.2, 0.25) is 0 Å². The third-order valence-corrected chi connectivity index (χ3v) is 2.94. The highest BCUT2D eigenvalue weighted by Gasteiger charge is 2.08. The highest BCUT2D eigenvalue weighted by molar-refractivity contribution is 6.02. The van der Waals surface area contributed by atoms with Gasteiger partial charge in [-0.15, -0.1) is 0 Å². The predicted molar refractivity (Wildman–Crippen MR) is 78.7 cm³/mol. The summed E-state index contributed by atoms with van der Waals surface area (Å²) in [4.78, 5) is 19.8. The van der Waals surface area contributed by atoms with Crippen LogP contribution in [0.3, 0.4) is 0 Å². The first-order chi connectivity index (χ1) is 10.2. The molecule has 3 aromatic rings. The molecule has 2 aromatic heterocycles. The minimum absolute atomic E-state index is 0.282. The molecule has 104 valence electrons. The Morgan fingerprint density at radius 1 is 1.19 bits per heavy atom. The van der Waals surface area contributed by atoms with Gasteiger partial charge in [-0.25, -0.2) is 4.98 Å². The molecule has 0 radical (unpaired) electrons. The van der Waals surface area contributed by atoms with Crippen molar-refractivity contribution in [2.45, 2.75) is 6.92 Å². The predicted octanol–water partition coefficient (Wildman–Crippen LogP) is 2.43. The summed E-state index contributed by atoms with van der Waals surface area (Å²) >= 11 is 0. The van der Waals surface area contributed by atoms with Crippen molar-refractivity contribution in [3.05, 3.63) is 60.3 Å². The lowest BCUT2D eigenvalue weighted by molar-refractivity contribution is 0.102. The number of hydrogen-bond acceptors (Lipinski definition) is 4. The van der Waals surface area contributed by atoms with E-state index in [0.717, 1.165) is 17.0 Å². The van der Waals surface area contributed by atoms with Crippen LogP contribution in [0.5, 0.6) is 0 Å². The number of benzene rings is 1. The monoisotopic (exact) mass is 279 g/mol. The van der Waals surface area contributed by atoms with E-state index in [-0.39, 0.29) is 11.6 Å². The smallest absolute Gasteiger partial charge is 0.275 e. The Labute approximate surface area is 121 Å². The number of aromatic nitrogens is 4. The van der Waals surface area contributed by atoms with Gasteiger partial charge >= 0.3 is 0 Å². The van der Waals surface area contributed by atoms with Gasteiger partial charge in [0.15, 0.2) is 0 Å². The summed E-state index contributed by atoms with van der Waals surface area (Å²) < 4.78 is 0. The summed E-state index contributed by atoms with van der Waals surface area (Å²) in [6, 6.07) is 9.43. The molecule has 0 aliphatic rings. The van der Waals surface area contributed by atoms with Crippen LogP contribution >= 0.6 is 0 Å². The molecule has 1 aromatic carbocycles. The summed E-state index contributed by atoms with van der Waals surface area (Å²) in [7, 11) is 0. The molecule has 0 atom stereocenters. The molecule has 0 spiro atoms. The Balaban J connectivity index is 1.74. The molecule has 0 bridgehead atoms. The van der Waals surface area contributed by atoms with Gasteiger partial charge in [0, 0.05) is 29.3 Å². The SMILES string of the molecule is Cc1cc(-c2ccc(NC(=O)c3cnccn3)cc2)n[nH]1. The maximum Gasteiger partial charge on any atom is 0.275 e. The maximum absolute atomic E-state index is 11.9. The highest BCUT2D eigenvalue weighted by Crippen LogP contribution is 2.20. The minimum atomic E-state index is -0.286. The second-order valence-corrected chi connectivity index (χ2v) is 4.56. The number of nitrogens with one attached hydrogen (secondary N) is 2. The average Bonchev–Trinajstić information content (AvgIpc) is 2.95. The molecule has 0 aliphatic heterocycles. The lowest BCUT2D eigenvalue weighted by Gasteiger charge is -2.05. The lowest BCUT2D eigenvalue weighted by Crippen LogP contribution is -2.13. The number of hydrogen-bond donors (Lipinski definition) is 2. The number of anilines is 1. The fourth-order valence-electron chi connectivity index (χ4n) is 1.90. The number of carbonyl (C=O) groups excluding carboxylic acids is 1. The van der Waals surface area contributed by atoms with Crippen LogP contribution < -0.4 is 5.32 Å². The standard InChI is InChI=1S/C15H13N5O/c1-10-8-13(20-19-10)11-2-4-12(5-3-11)18-15(21)14-9-16-6-7-17-14/h2-9H,1H3,(H,18,21)(H,19,20). The van der Waals surface area contributed by atoms with Crippen molar-refractivity contribution in [3.8, 4) is 11.3 Å². The van der Waals surface area contributed by atoms with Crippen LogP contribution in [0, 0.1) is 6.92 Å². The van der Waals surface area contributed by atoms with E-state index in [2.05, 4.69) is 25.5 Å². The quantitative estimate of drug-likeness (QED) is 0.771. The molecule has 1 amide bonds. The van der Waals surface area contributed by atoms with E-state index >= 15 is 0 Å². The van der Waals surface area contributed by atoms with Crippen LogP contribution in [0.1, 0.15) is 16.2 Å². The second-order valence-electron chi connectivity index (χ2n) is 4.56. The van der Waals surface area contributed by atoms with Crippen molar-refractivity contribution in [1.82, 2.24) is 20.2 Å². The normalized spacial score (nSPS) is 10.3. The zero-order valence-electron chi connectivity index (χ0n) is 11.4. The van der Waals surface area contributed by atoms with Gasteiger partial charge in [-0.1, -0.05) is 12.1 Å². The van der Waals surface area contributed by atoms with Gasteiger partial charge in [-0.3, -0.25) is 14.9 Å². The molecule has 6 heteroatoms. The molecular formula is C15H13N5O. The lowest BCUT2D eigenvalue weighted by atomic mass is 10.1. The molecule has 0 fully saturated rings. The fraction of sp³-hybridized carbons (Fsp3) is 0.0667. The Morgan fingerprint density at radius 2 is 2.00 bits per heavy atom. The number of amides is 1. The van der Waals surface area contributed by atoms with Gasteiger partial charge < -0.3 is 5.32 Å². The van der Waals surface area contributed by atoms with E-state index in [1.54, 1.807) is 0 Å². The largest absolute Gasteiger partial charge is 0.321 e. The summed E-state index contributed by atoms with van der Waals surface area (Å²) in [5.74, 6) is -0.286. The van der Waals surface area contributed by atoms with E-state index in [1.807, 2.05) is 37.3 Å². The molecule has 21 heavy (non-hydrogen) atoms. The van der Waals surface area contributed by atoms with E-state index in [9.17, 15) is 4.79 Å². The van der Waals surface area contributed by atoms with Gasteiger partial charge in [0.05, 0.1) is 11.9 Å². The number of aryl methyl sites for hydroxylation is 1. The molecule has 0 aliphatic carbocycles. The number of carbonyl (C=O) groups is 1. The second kappa shape index (κ2) is 5.54. The zero-order chi connectivity index (χ0) is 14.7. The summed E-state index contributed by atoms with van der Waals surface area (Å²) in [5.41, 5.74) is 3.84. The third-order valence-electron chi connectivity index (χ3n) is 2.94. The van der Waals surface area contributed by atoms with Crippen molar-refractivity contribution in [3.63, 3.8) is 0 Å². The molecule has 3 rings (SSSR count). The summed E-state index contributed by atoms with van der Waals surface area (Å²) in [6.45, 7) is 1.95. The topological polar surface area (TPSA) is 83.6 Å². The van der Waals surface area contributed by atoms with E-state index in [4.69, 9.17) is 0 Å². The average molecular weight is 279 g/mol. The Kier molecular flexibility index (Phi) is 3.42. The molecule has 2 heterocycles. The molecule has 0 saturated carbocycles. The highest BCUT2D eigenvalue weighted by atomic mass is 16.1. The van der Waals surface area contributed by atoms with Crippen molar-refractivity contribution < 1.29 is 4.79 Å². The Bertz CT molecular complexity index is 749. The van der Waals surface area contributed by atoms with E-state index < -0.39 is 0 Å². The first-order valence-corrected chi connectivity index (χ1v) is 6.42. The van der Waals surface area contributed by atoms with Crippen molar-refractivity contribution in [2.75, 3.05) is 5.32 Å². The van der Waals surface area contributed by atoms with Crippen molar-refractivity contribution in [2.24, 2.45) is 0 Å². The van der Waals surface area contributed by atoms with Gasteiger partial charge in [-0.2, -0.15) is 5.10 Å². The molecule has 2 N–H and O–H groups in total. The van der Waals surface area contributed by atoms with Crippen LogP contribution in [0.25, 0.3) is 11.3 Å². The zero-order valence-corrected chi connectivity index (χ0v) is 11.4. The maximum atomic E-state index is 11.9. The van der Waals surface area contributed by atoms with Gasteiger partial charge in [-0.05, 0) is 25.1 Å². The fourth-order valence-corrected chi connectivity index (χ4v) is 1.90. The Morgan fingerprint density at radius 3 is 2.62 bits per heavy atom. The third kappa shape index (κ3) is 2.94. The first kappa shape index (κ1) is 13.0. The van der Waals surface area contributed by atoms with Crippen LogP contribution in [-0.4, -0.2) is 26.1 Å². The van der Waals surface area contributed by atoms with Crippen molar-refractivity contribution >= 4 is 11.6 Å². The van der Waals surface area contributed by atoms with Gasteiger partial charge in [0.25, 0.3) is 5.91 Å². The number of aromatic amines is 1. The summed E-state index contributed by atoms with van der Waals surface area (Å²) in [5, 5.41) is 9.87. The van der Waals surface area contributed by atoms with Crippen LogP contribution in [0.15, 0.2) is 48.9 Å². The number of nitrogens with zero attached hydrogens (tertiary/aromatic N) is 3. The molecule has 0 unspecified atom stereocenters.